The number of aromatic amines is 1. The first-order valence-corrected chi connectivity index (χ1v) is 9.51. The molecule has 0 saturated heterocycles. The highest BCUT2D eigenvalue weighted by Gasteiger charge is 2.21. The number of aryl methyl sites for hydroxylation is 1. The quantitative estimate of drug-likeness (QED) is 0.450. The molecule has 0 aliphatic heterocycles. The van der Waals surface area contributed by atoms with Gasteiger partial charge >= 0.3 is 5.69 Å². The van der Waals surface area contributed by atoms with E-state index in [0.29, 0.717) is 10.7 Å². The number of hydrogen-bond acceptors (Lipinski definition) is 7. The SMILES string of the molecule is Cn1c(=O)c2c(nc(Sc3nc(N)cc(=O)[nH]3)n2Cc2ccc(F)cc2)n(C)c1=O. The van der Waals surface area contributed by atoms with E-state index in [1.54, 1.807) is 16.7 Å². The lowest BCUT2D eigenvalue weighted by molar-refractivity contribution is 0.625. The van der Waals surface area contributed by atoms with Gasteiger partial charge in [-0.2, -0.15) is 0 Å². The molecule has 3 aromatic heterocycles. The van der Waals surface area contributed by atoms with Crippen molar-refractivity contribution in [3.63, 3.8) is 0 Å². The summed E-state index contributed by atoms with van der Waals surface area (Å²) in [6.07, 6.45) is 0. The second kappa shape index (κ2) is 7.30. The van der Waals surface area contributed by atoms with Gasteiger partial charge < -0.3 is 15.3 Å². The number of imidazole rings is 1. The molecular weight excluding hydrogens is 413 g/mol. The number of anilines is 1. The summed E-state index contributed by atoms with van der Waals surface area (Å²) in [5, 5.41) is 0.485. The predicted octanol–water partition coefficient (Wildman–Crippen LogP) is 0.438. The maximum atomic E-state index is 13.3. The molecule has 1 aromatic carbocycles. The van der Waals surface area contributed by atoms with Crippen molar-refractivity contribution in [3.8, 4) is 0 Å². The summed E-state index contributed by atoms with van der Waals surface area (Å²) >= 11 is 0.987. The number of nitrogens with two attached hydrogens (primary N) is 1. The lowest BCUT2D eigenvalue weighted by Crippen LogP contribution is -2.37. The van der Waals surface area contributed by atoms with Crippen LogP contribution in [0.3, 0.4) is 0 Å². The van der Waals surface area contributed by atoms with Crippen LogP contribution in [0, 0.1) is 5.82 Å². The van der Waals surface area contributed by atoms with Crippen LogP contribution in [0.5, 0.6) is 0 Å². The summed E-state index contributed by atoms with van der Waals surface area (Å²) in [6, 6.07) is 6.94. The van der Waals surface area contributed by atoms with Crippen molar-refractivity contribution in [2.45, 2.75) is 16.9 Å². The predicted molar refractivity (Wildman–Crippen MR) is 109 cm³/mol. The molecule has 3 heterocycles. The highest BCUT2D eigenvalue weighted by atomic mass is 32.2. The lowest BCUT2D eigenvalue weighted by atomic mass is 10.2. The Balaban J connectivity index is 1.95. The van der Waals surface area contributed by atoms with Gasteiger partial charge in [0.2, 0.25) is 0 Å². The molecule has 0 aliphatic rings. The number of aromatic nitrogens is 6. The molecule has 0 atom stereocenters. The van der Waals surface area contributed by atoms with Gasteiger partial charge in [-0.15, -0.1) is 0 Å². The zero-order valence-electron chi connectivity index (χ0n) is 15.9. The zero-order chi connectivity index (χ0) is 21.6. The first kappa shape index (κ1) is 19.6. The third-order valence-electron chi connectivity index (χ3n) is 4.49. The van der Waals surface area contributed by atoms with Crippen molar-refractivity contribution in [1.29, 1.82) is 0 Å². The minimum absolute atomic E-state index is 0.0331. The highest BCUT2D eigenvalue weighted by Crippen LogP contribution is 2.27. The largest absolute Gasteiger partial charge is 0.383 e. The van der Waals surface area contributed by atoms with Crippen LogP contribution in [0.2, 0.25) is 0 Å². The minimum Gasteiger partial charge on any atom is -0.383 e. The van der Waals surface area contributed by atoms with E-state index in [9.17, 15) is 18.8 Å². The molecule has 0 spiro atoms. The van der Waals surface area contributed by atoms with Crippen molar-refractivity contribution in [1.82, 2.24) is 28.7 Å². The van der Waals surface area contributed by atoms with E-state index in [0.717, 1.165) is 22.4 Å². The molecule has 4 rings (SSSR count). The van der Waals surface area contributed by atoms with E-state index in [2.05, 4.69) is 15.0 Å². The van der Waals surface area contributed by atoms with Crippen molar-refractivity contribution < 1.29 is 4.39 Å². The van der Waals surface area contributed by atoms with E-state index in [1.807, 2.05) is 0 Å². The molecule has 0 radical (unpaired) electrons. The number of halogens is 1. The number of hydrogen-bond donors (Lipinski definition) is 2. The summed E-state index contributed by atoms with van der Waals surface area (Å²) in [6.45, 7) is 0.180. The van der Waals surface area contributed by atoms with Crippen molar-refractivity contribution in [3.05, 3.63) is 72.9 Å². The first-order chi connectivity index (χ1) is 14.2. The van der Waals surface area contributed by atoms with Gasteiger partial charge in [0.15, 0.2) is 21.5 Å². The third kappa shape index (κ3) is 3.41. The van der Waals surface area contributed by atoms with Gasteiger partial charge in [-0.1, -0.05) is 12.1 Å². The van der Waals surface area contributed by atoms with Crippen LogP contribution in [-0.2, 0) is 20.6 Å². The maximum absolute atomic E-state index is 13.3. The number of rotatable bonds is 4. The van der Waals surface area contributed by atoms with E-state index >= 15 is 0 Å². The van der Waals surface area contributed by atoms with Crippen LogP contribution < -0.4 is 22.5 Å². The normalized spacial score (nSPS) is 11.3. The van der Waals surface area contributed by atoms with Crippen LogP contribution in [-0.4, -0.2) is 28.7 Å². The van der Waals surface area contributed by atoms with Gasteiger partial charge in [-0.3, -0.25) is 18.7 Å². The molecule has 0 unspecified atom stereocenters. The van der Waals surface area contributed by atoms with E-state index in [4.69, 9.17) is 5.73 Å². The van der Waals surface area contributed by atoms with Crippen molar-refractivity contribution in [2.24, 2.45) is 14.1 Å². The van der Waals surface area contributed by atoms with Crippen LogP contribution in [0.25, 0.3) is 11.2 Å². The fourth-order valence-electron chi connectivity index (χ4n) is 3.01. The molecule has 0 amide bonds. The summed E-state index contributed by atoms with van der Waals surface area (Å²) < 4.78 is 17.1. The Morgan fingerprint density at radius 1 is 1.10 bits per heavy atom. The summed E-state index contributed by atoms with van der Waals surface area (Å²) in [4.78, 5) is 48.0. The molecule has 3 N–H and O–H groups in total. The highest BCUT2D eigenvalue weighted by molar-refractivity contribution is 7.99. The summed E-state index contributed by atoms with van der Waals surface area (Å²) in [5.41, 5.74) is 5.25. The fourth-order valence-corrected chi connectivity index (χ4v) is 3.89. The second-order valence-electron chi connectivity index (χ2n) is 6.56. The number of H-pyrrole nitrogens is 1. The van der Waals surface area contributed by atoms with Crippen molar-refractivity contribution >= 4 is 28.7 Å². The standard InChI is InChI=1S/C18H16FN7O3S/c1-24-14-13(15(28)25(2)18(24)29)26(8-9-3-5-10(19)6-4-9)17(23-14)30-16-21-11(20)7-12(27)22-16/h3-7H,8H2,1-2H3,(H3,20,21,22,27). The monoisotopic (exact) mass is 429 g/mol. The van der Waals surface area contributed by atoms with Crippen LogP contribution in [0.15, 0.2) is 55.0 Å². The molecule has 4 aromatic rings. The lowest BCUT2D eigenvalue weighted by Gasteiger charge is -2.09. The van der Waals surface area contributed by atoms with Gasteiger partial charge in [-0.05, 0) is 29.5 Å². The third-order valence-corrected chi connectivity index (χ3v) is 5.38. The Labute approximate surface area is 171 Å². The molecule has 12 heteroatoms. The van der Waals surface area contributed by atoms with Gasteiger partial charge in [-0.25, -0.2) is 19.2 Å². The van der Waals surface area contributed by atoms with E-state index in [-0.39, 0.29) is 34.5 Å². The summed E-state index contributed by atoms with van der Waals surface area (Å²) in [7, 11) is 2.89. The zero-order valence-corrected chi connectivity index (χ0v) is 16.7. The topological polar surface area (TPSA) is 134 Å². The molecule has 0 bridgehead atoms. The van der Waals surface area contributed by atoms with Gasteiger partial charge in [0.25, 0.3) is 11.1 Å². The van der Waals surface area contributed by atoms with E-state index < -0.39 is 16.8 Å². The maximum Gasteiger partial charge on any atom is 0.332 e. The number of nitrogens with one attached hydrogen (secondary N) is 1. The Morgan fingerprint density at radius 2 is 1.80 bits per heavy atom. The number of nitrogens with zero attached hydrogens (tertiary/aromatic N) is 5. The van der Waals surface area contributed by atoms with E-state index in [1.165, 1.54) is 30.8 Å². The molecule has 30 heavy (non-hydrogen) atoms. The van der Waals surface area contributed by atoms with Gasteiger partial charge in [0, 0.05) is 20.2 Å². The molecule has 154 valence electrons. The smallest absolute Gasteiger partial charge is 0.332 e. The van der Waals surface area contributed by atoms with Crippen LogP contribution in [0.1, 0.15) is 5.56 Å². The second-order valence-corrected chi connectivity index (χ2v) is 7.52. The van der Waals surface area contributed by atoms with Crippen LogP contribution in [0.4, 0.5) is 10.2 Å². The molecule has 0 aliphatic carbocycles. The Kier molecular flexibility index (Phi) is 4.78. The van der Waals surface area contributed by atoms with Gasteiger partial charge in [0.1, 0.15) is 11.6 Å². The molecule has 10 nitrogen and oxygen atoms in total. The molecular formula is C18H16FN7O3S. The Morgan fingerprint density at radius 3 is 2.47 bits per heavy atom. The number of fused-ring (bicyclic) bond motifs is 1. The minimum atomic E-state index is -0.524. The summed E-state index contributed by atoms with van der Waals surface area (Å²) in [5.74, 6) is -0.352. The Bertz CT molecular complexity index is 1450. The van der Waals surface area contributed by atoms with Gasteiger partial charge in [0.05, 0.1) is 6.54 Å². The van der Waals surface area contributed by atoms with Crippen LogP contribution >= 0.6 is 11.8 Å². The average Bonchev–Trinajstić information content (AvgIpc) is 3.03. The van der Waals surface area contributed by atoms with Crippen molar-refractivity contribution in [2.75, 3.05) is 5.73 Å². The fraction of sp³-hybridized carbons (Fsp3) is 0.167. The molecule has 0 saturated carbocycles. The average molecular weight is 429 g/mol. The first-order valence-electron chi connectivity index (χ1n) is 8.70. The molecule has 0 fully saturated rings. The number of benzene rings is 1. The Hall–Kier alpha value is -3.67. The number of nitrogen functional groups attached to an aromatic ring is 1.